The van der Waals surface area contributed by atoms with Gasteiger partial charge in [0.15, 0.2) is 0 Å². The third kappa shape index (κ3) is 3.56. The van der Waals surface area contributed by atoms with E-state index in [4.69, 9.17) is 0 Å². The number of halogens is 1. The molecule has 0 radical (unpaired) electrons. The molecule has 23 heavy (non-hydrogen) atoms. The average Bonchev–Trinajstić information content (AvgIpc) is 2.58. The number of piperidine rings is 1. The molecule has 0 amide bonds. The zero-order chi connectivity index (χ0) is 16.2. The smallest absolute Gasteiger partial charge is 0.287 e. The molecule has 1 aliphatic rings. The molecule has 0 saturated carbocycles. The molecule has 1 saturated heterocycles. The number of hydrogen-bond donors (Lipinski definition) is 1. The Bertz CT molecular complexity index is 685. The van der Waals surface area contributed by atoms with Crippen LogP contribution in [0.1, 0.15) is 12.8 Å². The minimum atomic E-state index is -0.457. The van der Waals surface area contributed by atoms with Crippen LogP contribution < -0.4 is 10.2 Å². The Morgan fingerprint density at radius 3 is 2.57 bits per heavy atom. The lowest BCUT2D eigenvalue weighted by molar-refractivity contribution is -0.385. The fourth-order valence-electron chi connectivity index (χ4n) is 2.72. The number of rotatable bonds is 4. The van der Waals surface area contributed by atoms with Crippen molar-refractivity contribution in [3.05, 3.63) is 58.5 Å². The van der Waals surface area contributed by atoms with Gasteiger partial charge in [-0.3, -0.25) is 10.1 Å². The minimum absolute atomic E-state index is 0.00939. The third-order valence-electron chi connectivity index (χ3n) is 4.00. The van der Waals surface area contributed by atoms with E-state index in [9.17, 15) is 14.5 Å². The van der Waals surface area contributed by atoms with Crippen LogP contribution >= 0.6 is 0 Å². The van der Waals surface area contributed by atoms with Crippen LogP contribution in [0, 0.1) is 15.9 Å². The number of aromatic nitrogens is 1. The van der Waals surface area contributed by atoms with E-state index in [0.29, 0.717) is 5.69 Å². The molecular formula is C16H17FN4O2. The molecule has 1 fully saturated rings. The third-order valence-corrected chi connectivity index (χ3v) is 4.00. The summed E-state index contributed by atoms with van der Waals surface area (Å²) in [4.78, 5) is 16.4. The average molecular weight is 316 g/mol. The molecule has 120 valence electrons. The van der Waals surface area contributed by atoms with Gasteiger partial charge in [-0.1, -0.05) is 12.1 Å². The molecule has 6 nitrogen and oxygen atoms in total. The minimum Gasteiger partial charge on any atom is -0.380 e. The van der Waals surface area contributed by atoms with Gasteiger partial charge in [-0.2, -0.15) is 0 Å². The van der Waals surface area contributed by atoms with Crippen molar-refractivity contribution in [1.82, 2.24) is 4.98 Å². The van der Waals surface area contributed by atoms with Gasteiger partial charge in [-0.15, -0.1) is 0 Å². The standard InChI is InChI=1S/C16H17FN4O2/c17-14-3-1-2-4-15(14)19-12-7-9-20(10-8-12)16-6-5-13(11-18-16)21(22)23/h1-6,11-12,19H,7-10H2. The fourth-order valence-corrected chi connectivity index (χ4v) is 2.72. The molecule has 0 bridgehead atoms. The lowest BCUT2D eigenvalue weighted by atomic mass is 10.0. The van der Waals surface area contributed by atoms with E-state index in [1.54, 1.807) is 24.3 Å². The first-order valence-corrected chi connectivity index (χ1v) is 7.50. The number of pyridine rings is 1. The molecule has 3 rings (SSSR count). The van der Waals surface area contributed by atoms with Crippen molar-refractivity contribution in [2.24, 2.45) is 0 Å². The number of nitro groups is 1. The summed E-state index contributed by atoms with van der Waals surface area (Å²) in [6.07, 6.45) is 2.99. The van der Waals surface area contributed by atoms with E-state index in [1.165, 1.54) is 18.3 Å². The summed E-state index contributed by atoms with van der Waals surface area (Å²) in [6.45, 7) is 1.55. The first-order valence-electron chi connectivity index (χ1n) is 7.50. The first kappa shape index (κ1) is 15.2. The van der Waals surface area contributed by atoms with Crippen molar-refractivity contribution in [2.75, 3.05) is 23.3 Å². The number of hydrogen-bond acceptors (Lipinski definition) is 5. The largest absolute Gasteiger partial charge is 0.380 e. The highest BCUT2D eigenvalue weighted by molar-refractivity contribution is 5.47. The van der Waals surface area contributed by atoms with Crippen molar-refractivity contribution in [3.63, 3.8) is 0 Å². The summed E-state index contributed by atoms with van der Waals surface area (Å²) < 4.78 is 13.7. The van der Waals surface area contributed by atoms with E-state index in [1.807, 2.05) is 0 Å². The number of anilines is 2. The van der Waals surface area contributed by atoms with Gasteiger partial charge in [0.2, 0.25) is 0 Å². The maximum atomic E-state index is 13.7. The topological polar surface area (TPSA) is 71.3 Å². The number of benzene rings is 1. The van der Waals surface area contributed by atoms with Crippen LogP contribution in [0.25, 0.3) is 0 Å². The van der Waals surface area contributed by atoms with Crippen LogP contribution in [0.2, 0.25) is 0 Å². The Morgan fingerprint density at radius 2 is 1.96 bits per heavy atom. The highest BCUT2D eigenvalue weighted by Gasteiger charge is 2.21. The molecule has 2 aromatic rings. The predicted molar refractivity (Wildman–Crippen MR) is 86.1 cm³/mol. The van der Waals surface area contributed by atoms with E-state index in [-0.39, 0.29) is 17.5 Å². The number of nitrogens with zero attached hydrogens (tertiary/aromatic N) is 3. The molecule has 7 heteroatoms. The lowest BCUT2D eigenvalue weighted by Crippen LogP contribution is -2.39. The molecule has 0 unspecified atom stereocenters. The van der Waals surface area contributed by atoms with Gasteiger partial charge in [-0.05, 0) is 31.0 Å². The van der Waals surface area contributed by atoms with Crippen LogP contribution in [0.4, 0.5) is 21.6 Å². The predicted octanol–water partition coefficient (Wildman–Crippen LogP) is 3.21. The van der Waals surface area contributed by atoms with Crippen molar-refractivity contribution >= 4 is 17.2 Å². The summed E-state index contributed by atoms with van der Waals surface area (Å²) in [5.74, 6) is 0.493. The monoisotopic (exact) mass is 316 g/mol. The van der Waals surface area contributed by atoms with Crippen LogP contribution in [0.15, 0.2) is 42.6 Å². The fraction of sp³-hybridized carbons (Fsp3) is 0.312. The molecule has 1 aromatic heterocycles. The second kappa shape index (κ2) is 6.60. The van der Waals surface area contributed by atoms with Crippen molar-refractivity contribution in [1.29, 1.82) is 0 Å². The number of nitrogens with one attached hydrogen (secondary N) is 1. The van der Waals surface area contributed by atoms with E-state index in [2.05, 4.69) is 15.2 Å². The zero-order valence-electron chi connectivity index (χ0n) is 12.5. The molecule has 2 heterocycles. The Morgan fingerprint density at radius 1 is 1.22 bits per heavy atom. The van der Waals surface area contributed by atoms with Crippen molar-refractivity contribution in [2.45, 2.75) is 18.9 Å². The van der Waals surface area contributed by atoms with Gasteiger partial charge < -0.3 is 10.2 Å². The normalized spacial score (nSPS) is 15.4. The Labute approximate surface area is 133 Å². The van der Waals surface area contributed by atoms with Gasteiger partial charge in [0.1, 0.15) is 17.8 Å². The van der Waals surface area contributed by atoms with Crippen molar-refractivity contribution < 1.29 is 9.31 Å². The summed E-state index contributed by atoms with van der Waals surface area (Å²) >= 11 is 0. The SMILES string of the molecule is O=[N+]([O-])c1ccc(N2CCC(Nc3ccccc3F)CC2)nc1. The van der Waals surface area contributed by atoms with Gasteiger partial charge in [0.05, 0.1) is 10.6 Å². The summed E-state index contributed by atoms with van der Waals surface area (Å²) in [6, 6.07) is 10.00. The van der Waals surface area contributed by atoms with Crippen LogP contribution in [0.5, 0.6) is 0 Å². The molecule has 1 aliphatic heterocycles. The highest BCUT2D eigenvalue weighted by atomic mass is 19.1. The summed E-state index contributed by atoms with van der Waals surface area (Å²) in [7, 11) is 0. The molecule has 0 aliphatic carbocycles. The molecular weight excluding hydrogens is 299 g/mol. The molecule has 1 N–H and O–H groups in total. The van der Waals surface area contributed by atoms with E-state index in [0.717, 1.165) is 31.7 Å². The number of para-hydroxylation sites is 1. The molecule has 1 aromatic carbocycles. The van der Waals surface area contributed by atoms with Gasteiger partial charge in [0.25, 0.3) is 5.69 Å². The molecule has 0 spiro atoms. The first-order chi connectivity index (χ1) is 11.1. The summed E-state index contributed by atoms with van der Waals surface area (Å²) in [5, 5.41) is 13.9. The zero-order valence-corrected chi connectivity index (χ0v) is 12.5. The Balaban J connectivity index is 1.58. The van der Waals surface area contributed by atoms with E-state index < -0.39 is 4.92 Å². The highest BCUT2D eigenvalue weighted by Crippen LogP contribution is 2.23. The molecule has 0 atom stereocenters. The Kier molecular flexibility index (Phi) is 4.36. The Hall–Kier alpha value is -2.70. The van der Waals surface area contributed by atoms with Gasteiger partial charge >= 0.3 is 0 Å². The lowest BCUT2D eigenvalue weighted by Gasteiger charge is -2.33. The van der Waals surface area contributed by atoms with Gasteiger partial charge in [0, 0.05) is 25.2 Å². The maximum Gasteiger partial charge on any atom is 0.287 e. The second-order valence-electron chi connectivity index (χ2n) is 5.52. The van der Waals surface area contributed by atoms with Crippen molar-refractivity contribution in [3.8, 4) is 0 Å². The van der Waals surface area contributed by atoms with Gasteiger partial charge in [-0.25, -0.2) is 9.37 Å². The van der Waals surface area contributed by atoms with Crippen LogP contribution in [0.3, 0.4) is 0 Å². The van der Waals surface area contributed by atoms with E-state index >= 15 is 0 Å². The maximum absolute atomic E-state index is 13.7. The van der Waals surface area contributed by atoms with Crippen LogP contribution in [-0.2, 0) is 0 Å². The second-order valence-corrected chi connectivity index (χ2v) is 5.52. The quantitative estimate of drug-likeness (QED) is 0.693. The van der Waals surface area contributed by atoms with Crippen LogP contribution in [-0.4, -0.2) is 29.0 Å². The summed E-state index contributed by atoms with van der Waals surface area (Å²) in [5.41, 5.74) is 0.518.